The zero-order chi connectivity index (χ0) is 22.4. The van der Waals surface area contributed by atoms with E-state index < -0.39 is 5.97 Å². The summed E-state index contributed by atoms with van der Waals surface area (Å²) in [7, 11) is 1.29. The SMILES string of the molecule is COC(=O)c1ccc2c(=O)n(CCCC(=O)NCCc3ccc(Cl)cc3)c(=S)[nH]c2c1. The largest absolute Gasteiger partial charge is 0.465 e. The van der Waals surface area contributed by atoms with Crippen molar-refractivity contribution >= 4 is 46.6 Å². The van der Waals surface area contributed by atoms with Crippen molar-refractivity contribution in [2.45, 2.75) is 25.8 Å². The first-order chi connectivity index (χ1) is 14.9. The highest BCUT2D eigenvalue weighted by Gasteiger charge is 2.11. The first kappa shape index (κ1) is 22.7. The lowest BCUT2D eigenvalue weighted by Gasteiger charge is -2.09. The molecule has 7 nitrogen and oxygen atoms in total. The smallest absolute Gasteiger partial charge is 0.337 e. The maximum absolute atomic E-state index is 12.8. The monoisotopic (exact) mass is 459 g/mol. The van der Waals surface area contributed by atoms with E-state index >= 15 is 0 Å². The Bertz CT molecular complexity index is 1220. The van der Waals surface area contributed by atoms with Gasteiger partial charge < -0.3 is 15.0 Å². The highest BCUT2D eigenvalue weighted by atomic mass is 35.5. The number of carbonyl (C=O) groups is 2. The lowest BCUT2D eigenvalue weighted by Crippen LogP contribution is -2.27. The Morgan fingerprint density at radius 1 is 1.19 bits per heavy atom. The van der Waals surface area contributed by atoms with Gasteiger partial charge in [-0.25, -0.2) is 4.79 Å². The number of nitrogens with one attached hydrogen (secondary N) is 2. The van der Waals surface area contributed by atoms with Crippen molar-refractivity contribution in [3.63, 3.8) is 0 Å². The number of fused-ring (bicyclic) bond motifs is 1. The fourth-order valence-electron chi connectivity index (χ4n) is 3.19. The van der Waals surface area contributed by atoms with Crippen LogP contribution in [0, 0.1) is 4.77 Å². The Labute approximate surface area is 189 Å². The summed E-state index contributed by atoms with van der Waals surface area (Å²) in [5.74, 6) is -0.576. The summed E-state index contributed by atoms with van der Waals surface area (Å²) in [6, 6.07) is 12.1. The molecular weight excluding hydrogens is 438 g/mol. The van der Waals surface area contributed by atoms with E-state index in [0.717, 1.165) is 5.56 Å². The lowest BCUT2D eigenvalue weighted by molar-refractivity contribution is -0.121. The van der Waals surface area contributed by atoms with Crippen molar-refractivity contribution in [1.29, 1.82) is 0 Å². The zero-order valence-electron chi connectivity index (χ0n) is 16.9. The zero-order valence-corrected chi connectivity index (χ0v) is 18.5. The van der Waals surface area contributed by atoms with Gasteiger partial charge in [0.05, 0.1) is 23.6 Å². The number of ether oxygens (including phenoxy) is 1. The highest BCUT2D eigenvalue weighted by molar-refractivity contribution is 7.71. The van der Waals surface area contributed by atoms with Crippen LogP contribution in [0.3, 0.4) is 0 Å². The van der Waals surface area contributed by atoms with Gasteiger partial charge in [-0.2, -0.15) is 0 Å². The van der Waals surface area contributed by atoms with Crippen LogP contribution in [0.2, 0.25) is 5.02 Å². The molecule has 3 rings (SSSR count). The fraction of sp³-hybridized carbons (Fsp3) is 0.273. The first-order valence-corrected chi connectivity index (χ1v) is 10.5. The van der Waals surface area contributed by atoms with E-state index in [1.54, 1.807) is 6.07 Å². The van der Waals surface area contributed by atoms with Gasteiger partial charge in [0, 0.05) is 24.5 Å². The molecule has 1 amide bonds. The molecule has 1 heterocycles. The van der Waals surface area contributed by atoms with Gasteiger partial charge in [-0.15, -0.1) is 0 Å². The average molecular weight is 460 g/mol. The molecule has 0 fully saturated rings. The van der Waals surface area contributed by atoms with Crippen molar-refractivity contribution in [1.82, 2.24) is 14.9 Å². The number of nitrogens with zero attached hydrogens (tertiary/aromatic N) is 1. The molecule has 2 aromatic carbocycles. The van der Waals surface area contributed by atoms with Crippen LogP contribution in [0.1, 0.15) is 28.8 Å². The second kappa shape index (κ2) is 10.4. The van der Waals surface area contributed by atoms with Crippen LogP contribution in [0.25, 0.3) is 10.9 Å². The molecule has 3 aromatic rings. The van der Waals surface area contributed by atoms with Crippen LogP contribution >= 0.6 is 23.8 Å². The molecule has 31 heavy (non-hydrogen) atoms. The van der Waals surface area contributed by atoms with E-state index in [1.807, 2.05) is 24.3 Å². The molecular formula is C22H22ClN3O4S. The molecule has 2 N–H and O–H groups in total. The van der Waals surface area contributed by atoms with Gasteiger partial charge >= 0.3 is 5.97 Å². The van der Waals surface area contributed by atoms with Crippen LogP contribution in [0.4, 0.5) is 0 Å². The van der Waals surface area contributed by atoms with Crippen LogP contribution in [0.15, 0.2) is 47.3 Å². The average Bonchev–Trinajstić information content (AvgIpc) is 2.76. The molecule has 0 aliphatic rings. The van der Waals surface area contributed by atoms with Gasteiger partial charge in [0.25, 0.3) is 5.56 Å². The number of halogens is 1. The summed E-state index contributed by atoms with van der Waals surface area (Å²) in [4.78, 5) is 39.5. The number of aromatic amines is 1. The van der Waals surface area contributed by atoms with Crippen molar-refractivity contribution in [2.24, 2.45) is 0 Å². The third-order valence-corrected chi connectivity index (χ3v) is 5.41. The molecule has 0 unspecified atom stereocenters. The van der Waals surface area contributed by atoms with Crippen LogP contribution in [0.5, 0.6) is 0 Å². The standard InChI is InChI=1S/C22H22ClN3O4S/c1-30-21(29)15-6-9-17-18(13-15)25-22(31)26(20(17)28)12-2-3-19(27)24-11-10-14-4-7-16(23)8-5-14/h4-9,13H,2-3,10-12H2,1H3,(H,24,27)(H,25,31). The van der Waals surface area contributed by atoms with Crippen molar-refractivity contribution in [2.75, 3.05) is 13.7 Å². The molecule has 0 saturated carbocycles. The van der Waals surface area contributed by atoms with Gasteiger partial charge in [0.1, 0.15) is 0 Å². The van der Waals surface area contributed by atoms with Crippen molar-refractivity contribution in [3.05, 3.63) is 73.7 Å². The quantitative estimate of drug-likeness (QED) is 0.396. The number of amides is 1. The van der Waals surface area contributed by atoms with Gasteiger partial charge in [-0.3, -0.25) is 14.2 Å². The number of esters is 1. The Balaban J connectivity index is 1.57. The summed E-state index contributed by atoms with van der Waals surface area (Å²) in [6.07, 6.45) is 1.46. The molecule has 0 bridgehead atoms. The van der Waals surface area contributed by atoms with Gasteiger partial charge in [-0.1, -0.05) is 23.7 Å². The number of aromatic nitrogens is 2. The molecule has 9 heteroatoms. The minimum absolute atomic E-state index is 0.0829. The van der Waals surface area contributed by atoms with Crippen molar-refractivity contribution < 1.29 is 14.3 Å². The fourth-order valence-corrected chi connectivity index (χ4v) is 3.60. The maximum Gasteiger partial charge on any atom is 0.337 e. The number of carbonyl (C=O) groups excluding carboxylic acids is 2. The van der Waals surface area contributed by atoms with E-state index in [4.69, 9.17) is 28.6 Å². The molecule has 162 valence electrons. The first-order valence-electron chi connectivity index (χ1n) is 9.75. The summed E-state index contributed by atoms with van der Waals surface area (Å²) >= 11 is 11.2. The molecule has 0 aliphatic heterocycles. The van der Waals surface area contributed by atoms with Crippen LogP contribution in [-0.2, 0) is 22.5 Å². The van der Waals surface area contributed by atoms with E-state index in [2.05, 4.69) is 10.3 Å². The number of hydrogen-bond acceptors (Lipinski definition) is 5. The molecule has 0 saturated heterocycles. The lowest BCUT2D eigenvalue weighted by atomic mass is 10.1. The summed E-state index contributed by atoms with van der Waals surface area (Å²) < 4.78 is 6.36. The van der Waals surface area contributed by atoms with Crippen molar-refractivity contribution in [3.8, 4) is 0 Å². The second-order valence-corrected chi connectivity index (χ2v) is 7.79. The minimum Gasteiger partial charge on any atom is -0.465 e. The maximum atomic E-state index is 12.8. The molecule has 0 radical (unpaired) electrons. The summed E-state index contributed by atoms with van der Waals surface area (Å²) in [5.41, 5.74) is 1.62. The number of benzene rings is 2. The van der Waals surface area contributed by atoms with E-state index in [0.29, 0.717) is 47.4 Å². The molecule has 1 aromatic heterocycles. The Morgan fingerprint density at radius 2 is 1.94 bits per heavy atom. The predicted octanol–water partition coefficient (Wildman–Crippen LogP) is 3.64. The van der Waals surface area contributed by atoms with Crippen LogP contribution < -0.4 is 10.9 Å². The Morgan fingerprint density at radius 3 is 2.65 bits per heavy atom. The molecule has 0 aliphatic carbocycles. The third kappa shape index (κ3) is 5.80. The van der Waals surface area contributed by atoms with Crippen LogP contribution in [-0.4, -0.2) is 35.1 Å². The molecule has 0 spiro atoms. The number of rotatable bonds is 8. The van der Waals surface area contributed by atoms with E-state index in [9.17, 15) is 14.4 Å². The Kier molecular flexibility index (Phi) is 7.59. The van der Waals surface area contributed by atoms with Gasteiger partial charge in [-0.05, 0) is 61.0 Å². The van der Waals surface area contributed by atoms with Gasteiger partial charge in [0.15, 0.2) is 4.77 Å². The number of H-pyrrole nitrogens is 1. The van der Waals surface area contributed by atoms with Gasteiger partial charge in [0.2, 0.25) is 5.91 Å². The summed E-state index contributed by atoms with van der Waals surface area (Å²) in [5, 5.41) is 3.97. The topological polar surface area (TPSA) is 93.2 Å². The predicted molar refractivity (Wildman–Crippen MR) is 122 cm³/mol. The normalized spacial score (nSPS) is 10.8. The number of hydrogen-bond donors (Lipinski definition) is 2. The Hall–Kier alpha value is -2.97. The third-order valence-electron chi connectivity index (χ3n) is 4.84. The highest BCUT2D eigenvalue weighted by Crippen LogP contribution is 2.12. The number of methoxy groups -OCH3 is 1. The van der Waals surface area contributed by atoms with E-state index in [-0.39, 0.29) is 22.7 Å². The minimum atomic E-state index is -0.493. The summed E-state index contributed by atoms with van der Waals surface area (Å²) in [6.45, 7) is 0.840. The van der Waals surface area contributed by atoms with E-state index in [1.165, 1.54) is 23.8 Å². The second-order valence-electron chi connectivity index (χ2n) is 6.97. The molecule has 0 atom stereocenters.